The highest BCUT2D eigenvalue weighted by molar-refractivity contribution is 5.92. The molecule has 1 atom stereocenters. The molecule has 0 spiro atoms. The van der Waals surface area contributed by atoms with E-state index in [2.05, 4.69) is 22.8 Å². The number of hydrogen-bond acceptors (Lipinski definition) is 4. The van der Waals surface area contributed by atoms with Gasteiger partial charge in [-0.05, 0) is 54.9 Å². The molecule has 1 unspecified atom stereocenters. The third kappa shape index (κ3) is 4.93. The monoisotopic (exact) mass is 464 g/mol. The lowest BCUT2D eigenvalue weighted by molar-refractivity contribution is -0.144. The van der Waals surface area contributed by atoms with Crippen LogP contribution in [0.5, 0.6) is 0 Å². The third-order valence-corrected chi connectivity index (χ3v) is 7.00. The zero-order valence-corrected chi connectivity index (χ0v) is 19.7. The van der Waals surface area contributed by atoms with Crippen molar-refractivity contribution in [2.45, 2.75) is 63.5 Å². The predicted octanol–water partition coefficient (Wildman–Crippen LogP) is 4.45. The first kappa shape index (κ1) is 23.8. The minimum Gasteiger partial charge on any atom is -0.480 e. The van der Waals surface area contributed by atoms with Gasteiger partial charge >= 0.3 is 12.1 Å². The van der Waals surface area contributed by atoms with Crippen molar-refractivity contribution in [1.29, 1.82) is 0 Å². The van der Waals surface area contributed by atoms with Crippen LogP contribution >= 0.6 is 0 Å². The number of carboxylic acid groups (broad SMARTS) is 1. The van der Waals surface area contributed by atoms with Crippen LogP contribution in [-0.4, -0.2) is 41.3 Å². The standard InChI is InChI=1S/C27H32N2O5/c1-27(2,25(32)28-23(24(30)31)17-10-4-3-5-11-17)29-26(33)34-16-22-20-14-8-6-12-18(20)19-13-7-9-15-21(19)22/h6-9,12-15,17,22-23H,3-5,10-11,16H2,1-2H3,(H,28,32)(H,29,33)(H,30,31). The summed E-state index contributed by atoms with van der Waals surface area (Å²) >= 11 is 0. The molecule has 2 amide bonds. The molecule has 7 nitrogen and oxygen atoms in total. The van der Waals surface area contributed by atoms with Crippen LogP contribution in [0.3, 0.4) is 0 Å². The highest BCUT2D eigenvalue weighted by Gasteiger charge is 2.37. The summed E-state index contributed by atoms with van der Waals surface area (Å²) in [6.45, 7) is 3.23. The Kier molecular flexibility index (Phi) is 6.91. The van der Waals surface area contributed by atoms with Crippen molar-refractivity contribution in [3.8, 4) is 11.1 Å². The van der Waals surface area contributed by atoms with Crippen molar-refractivity contribution in [3.05, 3.63) is 59.7 Å². The second-order valence-corrected chi connectivity index (χ2v) is 9.76. The molecule has 0 bridgehead atoms. The van der Waals surface area contributed by atoms with E-state index in [1.165, 1.54) is 0 Å². The summed E-state index contributed by atoms with van der Waals surface area (Å²) in [5.41, 5.74) is 3.14. The molecule has 0 aromatic heterocycles. The first-order valence-corrected chi connectivity index (χ1v) is 11.9. The Balaban J connectivity index is 1.37. The lowest BCUT2D eigenvalue weighted by Crippen LogP contribution is -2.59. The SMILES string of the molecule is CC(C)(NC(=O)OCC1c2ccccc2-c2ccccc21)C(=O)NC(C(=O)O)C1CCCCC1. The zero-order valence-electron chi connectivity index (χ0n) is 19.7. The van der Waals surface area contributed by atoms with Crippen molar-refractivity contribution < 1.29 is 24.2 Å². The maximum Gasteiger partial charge on any atom is 0.408 e. The minimum atomic E-state index is -1.33. The van der Waals surface area contributed by atoms with Gasteiger partial charge < -0.3 is 20.5 Å². The molecule has 3 N–H and O–H groups in total. The van der Waals surface area contributed by atoms with Gasteiger partial charge in [-0.3, -0.25) is 4.79 Å². The molecule has 2 aliphatic rings. The van der Waals surface area contributed by atoms with E-state index < -0.39 is 29.6 Å². The van der Waals surface area contributed by atoms with Crippen LogP contribution in [0.4, 0.5) is 4.79 Å². The van der Waals surface area contributed by atoms with E-state index in [4.69, 9.17) is 4.74 Å². The molecule has 2 aromatic rings. The predicted molar refractivity (Wildman–Crippen MR) is 128 cm³/mol. The average molecular weight is 465 g/mol. The number of nitrogens with one attached hydrogen (secondary N) is 2. The molecule has 180 valence electrons. The van der Waals surface area contributed by atoms with Gasteiger partial charge in [-0.2, -0.15) is 0 Å². The first-order chi connectivity index (χ1) is 16.3. The average Bonchev–Trinajstić information content (AvgIpc) is 3.15. The van der Waals surface area contributed by atoms with Gasteiger partial charge in [0.1, 0.15) is 18.2 Å². The van der Waals surface area contributed by atoms with Crippen LogP contribution in [0.15, 0.2) is 48.5 Å². The second kappa shape index (κ2) is 9.87. The largest absolute Gasteiger partial charge is 0.480 e. The maximum absolute atomic E-state index is 12.9. The quantitative estimate of drug-likeness (QED) is 0.561. The number of hydrogen-bond donors (Lipinski definition) is 3. The number of alkyl carbamates (subject to hydrolysis) is 1. The fraction of sp³-hybridized carbons (Fsp3) is 0.444. The number of benzene rings is 2. The molecule has 2 aromatic carbocycles. The van der Waals surface area contributed by atoms with Gasteiger partial charge in [0.05, 0.1) is 0 Å². The van der Waals surface area contributed by atoms with Gasteiger partial charge in [-0.1, -0.05) is 67.8 Å². The number of aliphatic carboxylic acids is 1. The molecule has 34 heavy (non-hydrogen) atoms. The van der Waals surface area contributed by atoms with Crippen LogP contribution < -0.4 is 10.6 Å². The van der Waals surface area contributed by atoms with E-state index in [-0.39, 0.29) is 18.4 Å². The van der Waals surface area contributed by atoms with Crippen molar-refractivity contribution in [2.24, 2.45) is 5.92 Å². The van der Waals surface area contributed by atoms with Gasteiger partial charge in [-0.15, -0.1) is 0 Å². The summed E-state index contributed by atoms with van der Waals surface area (Å²) in [7, 11) is 0. The fourth-order valence-corrected chi connectivity index (χ4v) is 5.12. The fourth-order valence-electron chi connectivity index (χ4n) is 5.12. The van der Waals surface area contributed by atoms with Gasteiger partial charge in [0.2, 0.25) is 5.91 Å². The van der Waals surface area contributed by atoms with E-state index in [9.17, 15) is 19.5 Å². The number of fused-ring (bicyclic) bond motifs is 3. The Morgan fingerprint density at radius 2 is 1.53 bits per heavy atom. The Labute approximate surface area is 199 Å². The molecular weight excluding hydrogens is 432 g/mol. The van der Waals surface area contributed by atoms with E-state index in [0.29, 0.717) is 0 Å². The molecule has 0 saturated heterocycles. The number of rotatable bonds is 7. The maximum atomic E-state index is 12.9. The zero-order chi connectivity index (χ0) is 24.3. The molecule has 1 fully saturated rings. The summed E-state index contributed by atoms with van der Waals surface area (Å²) in [6.07, 6.45) is 3.85. The minimum absolute atomic E-state index is 0.0854. The van der Waals surface area contributed by atoms with Crippen LogP contribution in [-0.2, 0) is 14.3 Å². The molecule has 4 rings (SSSR count). The highest BCUT2D eigenvalue weighted by Crippen LogP contribution is 2.44. The summed E-state index contributed by atoms with van der Waals surface area (Å²) in [5.74, 6) is -1.77. The number of ether oxygens (including phenoxy) is 1. The third-order valence-electron chi connectivity index (χ3n) is 7.00. The van der Waals surface area contributed by atoms with Gasteiger partial charge in [-0.25, -0.2) is 9.59 Å². The van der Waals surface area contributed by atoms with Crippen molar-refractivity contribution in [1.82, 2.24) is 10.6 Å². The van der Waals surface area contributed by atoms with Crippen LogP contribution in [0, 0.1) is 5.92 Å². The summed E-state index contributed by atoms with van der Waals surface area (Å²) in [5, 5.41) is 14.9. The summed E-state index contributed by atoms with van der Waals surface area (Å²) < 4.78 is 5.55. The Morgan fingerprint density at radius 1 is 0.971 bits per heavy atom. The molecule has 0 aliphatic heterocycles. The molecular formula is C27H32N2O5. The number of carboxylic acids is 1. The topological polar surface area (TPSA) is 105 Å². The van der Waals surface area contributed by atoms with Gasteiger partial charge in [0, 0.05) is 5.92 Å². The van der Waals surface area contributed by atoms with E-state index in [1.54, 1.807) is 13.8 Å². The molecule has 0 heterocycles. The van der Waals surface area contributed by atoms with Gasteiger partial charge in [0.15, 0.2) is 0 Å². The Hall–Kier alpha value is -3.35. The number of carbonyl (C=O) groups is 3. The first-order valence-electron chi connectivity index (χ1n) is 11.9. The Morgan fingerprint density at radius 3 is 2.09 bits per heavy atom. The number of amides is 2. The molecule has 7 heteroatoms. The van der Waals surface area contributed by atoms with E-state index in [1.807, 2.05) is 36.4 Å². The summed E-state index contributed by atoms with van der Waals surface area (Å²) in [4.78, 5) is 37.3. The highest BCUT2D eigenvalue weighted by atomic mass is 16.5. The van der Waals surface area contributed by atoms with Crippen LogP contribution in [0.1, 0.15) is 63.0 Å². The number of carbonyl (C=O) groups excluding carboxylic acids is 2. The van der Waals surface area contributed by atoms with Crippen molar-refractivity contribution in [3.63, 3.8) is 0 Å². The van der Waals surface area contributed by atoms with Crippen molar-refractivity contribution in [2.75, 3.05) is 6.61 Å². The molecule has 0 radical (unpaired) electrons. The normalized spacial score (nSPS) is 16.8. The molecule has 2 aliphatic carbocycles. The summed E-state index contributed by atoms with van der Waals surface area (Å²) in [6, 6.07) is 15.2. The lowest BCUT2D eigenvalue weighted by atomic mass is 9.83. The van der Waals surface area contributed by atoms with Crippen LogP contribution in [0.2, 0.25) is 0 Å². The van der Waals surface area contributed by atoms with Crippen molar-refractivity contribution >= 4 is 18.0 Å². The van der Waals surface area contributed by atoms with E-state index >= 15 is 0 Å². The van der Waals surface area contributed by atoms with Gasteiger partial charge in [0.25, 0.3) is 0 Å². The second-order valence-electron chi connectivity index (χ2n) is 9.76. The lowest BCUT2D eigenvalue weighted by Gasteiger charge is -2.31. The van der Waals surface area contributed by atoms with Crippen LogP contribution in [0.25, 0.3) is 11.1 Å². The molecule has 1 saturated carbocycles. The smallest absolute Gasteiger partial charge is 0.408 e. The Bertz CT molecular complexity index is 1030. The van der Waals surface area contributed by atoms with E-state index in [0.717, 1.165) is 54.4 Å².